The summed E-state index contributed by atoms with van der Waals surface area (Å²) in [6.45, 7) is 8.39. The van der Waals surface area contributed by atoms with Gasteiger partial charge in [-0.1, -0.05) is 31.2 Å². The zero-order valence-corrected chi connectivity index (χ0v) is 12.3. The molecule has 0 aliphatic carbocycles. The molecule has 0 radical (unpaired) electrons. The van der Waals surface area contributed by atoms with Crippen LogP contribution in [0, 0.1) is 0 Å². The Balaban J connectivity index is 2.18. The van der Waals surface area contributed by atoms with Gasteiger partial charge < -0.3 is 5.32 Å². The van der Waals surface area contributed by atoms with Gasteiger partial charge in [-0.3, -0.25) is 10.1 Å². The van der Waals surface area contributed by atoms with Crippen molar-refractivity contribution in [2.75, 3.05) is 0 Å². The van der Waals surface area contributed by atoms with E-state index < -0.39 is 0 Å². The lowest BCUT2D eigenvalue weighted by molar-refractivity contribution is -0.124. The van der Waals surface area contributed by atoms with Crippen molar-refractivity contribution >= 4 is 5.91 Å². The third-order valence-electron chi connectivity index (χ3n) is 3.97. The van der Waals surface area contributed by atoms with Gasteiger partial charge in [-0.15, -0.1) is 0 Å². The van der Waals surface area contributed by atoms with Crippen LogP contribution in [0.2, 0.25) is 0 Å². The molecule has 3 nitrogen and oxygen atoms in total. The summed E-state index contributed by atoms with van der Waals surface area (Å²) in [7, 11) is 0. The van der Waals surface area contributed by atoms with Gasteiger partial charge in [0.25, 0.3) is 0 Å². The van der Waals surface area contributed by atoms with E-state index in [-0.39, 0.29) is 23.5 Å². The molecule has 0 bridgehead atoms. The fourth-order valence-electron chi connectivity index (χ4n) is 2.70. The van der Waals surface area contributed by atoms with Gasteiger partial charge in [0.2, 0.25) is 5.91 Å². The van der Waals surface area contributed by atoms with Crippen LogP contribution in [-0.4, -0.2) is 18.0 Å². The molecule has 1 aromatic carbocycles. The summed E-state index contributed by atoms with van der Waals surface area (Å²) in [6.07, 6.45) is 1.72. The van der Waals surface area contributed by atoms with Crippen molar-refractivity contribution < 1.29 is 4.79 Å². The van der Waals surface area contributed by atoms with Crippen molar-refractivity contribution in [1.29, 1.82) is 0 Å². The van der Waals surface area contributed by atoms with E-state index in [0.29, 0.717) is 0 Å². The van der Waals surface area contributed by atoms with Crippen molar-refractivity contribution in [2.24, 2.45) is 0 Å². The number of benzene rings is 1. The summed E-state index contributed by atoms with van der Waals surface area (Å²) in [5.74, 6) is 0.108. The topological polar surface area (TPSA) is 41.1 Å². The van der Waals surface area contributed by atoms with Gasteiger partial charge in [-0.05, 0) is 44.7 Å². The molecule has 0 saturated carbocycles. The monoisotopic (exact) mass is 260 g/mol. The molecule has 1 amide bonds. The lowest BCUT2D eigenvalue weighted by Gasteiger charge is -2.38. The number of carbonyl (C=O) groups excluding carboxylic acids is 1. The third kappa shape index (κ3) is 2.98. The molecule has 1 aliphatic rings. The van der Waals surface area contributed by atoms with E-state index in [1.54, 1.807) is 0 Å². The van der Waals surface area contributed by atoms with Crippen LogP contribution >= 0.6 is 0 Å². The minimum Gasteiger partial charge on any atom is -0.352 e. The second kappa shape index (κ2) is 5.33. The summed E-state index contributed by atoms with van der Waals surface area (Å²) >= 11 is 0. The molecule has 2 N–H and O–H groups in total. The van der Waals surface area contributed by atoms with E-state index >= 15 is 0 Å². The number of nitrogens with one attached hydrogen (secondary N) is 2. The molecule has 0 saturated heterocycles. The highest BCUT2D eigenvalue weighted by atomic mass is 16.2. The van der Waals surface area contributed by atoms with Crippen LogP contribution in [-0.2, 0) is 16.8 Å². The molecule has 2 rings (SSSR count). The smallest absolute Gasteiger partial charge is 0.237 e. The fourth-order valence-corrected chi connectivity index (χ4v) is 2.70. The lowest BCUT2D eigenvalue weighted by atomic mass is 9.82. The van der Waals surface area contributed by atoms with E-state index in [2.05, 4.69) is 49.6 Å². The minimum atomic E-state index is -0.160. The number of amides is 1. The van der Waals surface area contributed by atoms with Crippen molar-refractivity contribution in [3.05, 3.63) is 35.4 Å². The largest absolute Gasteiger partial charge is 0.352 e. The highest BCUT2D eigenvalue weighted by molar-refractivity contribution is 5.83. The first-order valence-electron chi connectivity index (χ1n) is 7.10. The Morgan fingerprint density at radius 1 is 1.47 bits per heavy atom. The predicted octanol–water partition coefficient (Wildman–Crippen LogP) is 2.35. The van der Waals surface area contributed by atoms with E-state index in [4.69, 9.17) is 0 Å². The van der Waals surface area contributed by atoms with Crippen molar-refractivity contribution in [3.63, 3.8) is 0 Å². The van der Waals surface area contributed by atoms with Crippen LogP contribution in [0.4, 0.5) is 0 Å². The average Bonchev–Trinajstić information content (AvgIpc) is 2.37. The first kappa shape index (κ1) is 14.1. The van der Waals surface area contributed by atoms with Crippen molar-refractivity contribution in [1.82, 2.24) is 10.6 Å². The van der Waals surface area contributed by atoms with E-state index in [0.717, 1.165) is 12.8 Å². The average molecular weight is 260 g/mol. The lowest BCUT2D eigenvalue weighted by Crippen LogP contribution is -2.56. The molecule has 1 heterocycles. The molecule has 104 valence electrons. The molecule has 1 aliphatic heterocycles. The molecule has 0 unspecified atom stereocenters. The second-order valence-electron chi connectivity index (χ2n) is 6.00. The Bertz CT molecular complexity index is 468. The number of hydrogen-bond acceptors (Lipinski definition) is 2. The van der Waals surface area contributed by atoms with E-state index in [1.807, 2.05) is 13.0 Å². The third-order valence-corrected chi connectivity index (χ3v) is 3.97. The van der Waals surface area contributed by atoms with E-state index in [1.165, 1.54) is 11.1 Å². The van der Waals surface area contributed by atoms with Gasteiger partial charge in [0.05, 0.1) is 6.04 Å². The Hall–Kier alpha value is -1.35. The van der Waals surface area contributed by atoms with Crippen LogP contribution in [0.1, 0.15) is 45.2 Å². The van der Waals surface area contributed by atoms with Gasteiger partial charge in [0, 0.05) is 11.6 Å². The molecular formula is C16H24N2O. The van der Waals surface area contributed by atoms with Crippen LogP contribution in [0.25, 0.3) is 0 Å². The highest BCUT2D eigenvalue weighted by Crippen LogP contribution is 2.29. The quantitative estimate of drug-likeness (QED) is 0.876. The van der Waals surface area contributed by atoms with Crippen molar-refractivity contribution in [2.45, 2.75) is 58.2 Å². The van der Waals surface area contributed by atoms with Gasteiger partial charge in [-0.25, -0.2) is 0 Å². The normalized spacial score (nSPS) is 22.4. The standard InChI is InChI=1S/C16H24N2O/c1-5-11(2)17-15(19)14-10-12-8-6-7-9-13(12)16(3,4)18-14/h6-9,11,14,18H,5,10H2,1-4H3,(H,17,19)/t11-,14+/m1/s1. The Morgan fingerprint density at radius 2 is 2.16 bits per heavy atom. The molecule has 2 atom stereocenters. The maximum absolute atomic E-state index is 12.3. The molecule has 0 aromatic heterocycles. The number of rotatable bonds is 3. The van der Waals surface area contributed by atoms with Gasteiger partial charge in [0.1, 0.15) is 0 Å². The van der Waals surface area contributed by atoms with Crippen LogP contribution in [0.5, 0.6) is 0 Å². The summed E-state index contributed by atoms with van der Waals surface area (Å²) in [4.78, 5) is 12.3. The molecule has 1 aromatic rings. The summed E-state index contributed by atoms with van der Waals surface area (Å²) < 4.78 is 0. The van der Waals surface area contributed by atoms with Gasteiger partial charge >= 0.3 is 0 Å². The van der Waals surface area contributed by atoms with Crippen LogP contribution < -0.4 is 10.6 Å². The maximum Gasteiger partial charge on any atom is 0.237 e. The van der Waals surface area contributed by atoms with Crippen LogP contribution in [0.3, 0.4) is 0 Å². The summed E-state index contributed by atoms with van der Waals surface area (Å²) in [6, 6.07) is 8.46. The first-order valence-corrected chi connectivity index (χ1v) is 7.10. The fraction of sp³-hybridized carbons (Fsp3) is 0.562. The zero-order valence-electron chi connectivity index (χ0n) is 12.3. The number of fused-ring (bicyclic) bond motifs is 1. The first-order chi connectivity index (χ1) is 8.94. The SMILES string of the molecule is CC[C@@H](C)NC(=O)[C@@H]1Cc2ccccc2C(C)(C)N1. The summed E-state index contributed by atoms with van der Waals surface area (Å²) in [5.41, 5.74) is 2.41. The molecule has 19 heavy (non-hydrogen) atoms. The minimum absolute atomic E-state index is 0.108. The summed E-state index contributed by atoms with van der Waals surface area (Å²) in [5, 5.41) is 6.53. The molecular weight excluding hydrogens is 236 g/mol. The predicted molar refractivity (Wildman–Crippen MR) is 78.0 cm³/mol. The van der Waals surface area contributed by atoms with Gasteiger partial charge in [0.15, 0.2) is 0 Å². The Morgan fingerprint density at radius 3 is 2.84 bits per heavy atom. The second-order valence-corrected chi connectivity index (χ2v) is 6.00. The highest BCUT2D eigenvalue weighted by Gasteiger charge is 2.35. The maximum atomic E-state index is 12.3. The molecule has 0 fully saturated rings. The van der Waals surface area contributed by atoms with Crippen LogP contribution in [0.15, 0.2) is 24.3 Å². The van der Waals surface area contributed by atoms with Gasteiger partial charge in [-0.2, -0.15) is 0 Å². The Labute approximate surface area is 115 Å². The molecule has 0 spiro atoms. The zero-order chi connectivity index (χ0) is 14.0. The molecule has 3 heteroatoms. The Kier molecular flexibility index (Phi) is 3.95. The number of carbonyl (C=O) groups is 1. The number of hydrogen-bond donors (Lipinski definition) is 2. The van der Waals surface area contributed by atoms with E-state index in [9.17, 15) is 4.79 Å². The van der Waals surface area contributed by atoms with Crippen molar-refractivity contribution in [3.8, 4) is 0 Å².